The number of benzene rings is 1. The van der Waals surface area contributed by atoms with Crippen LogP contribution in [0.2, 0.25) is 0 Å². The molecule has 1 saturated carbocycles. The van der Waals surface area contributed by atoms with Crippen LogP contribution in [0.15, 0.2) is 24.3 Å². The number of carbonyl (C=O) groups is 1. The van der Waals surface area contributed by atoms with E-state index in [4.69, 9.17) is 11.5 Å². The standard InChI is InChI=1S/C15H23N3O/c1-11-4-2-3-9-15(11,10-16)18-13-7-5-12(6-8-13)14(17)19/h5-8,11,18H,2-4,9-10,16H2,1H3,(H2,17,19). The van der Waals surface area contributed by atoms with E-state index in [-0.39, 0.29) is 5.54 Å². The van der Waals surface area contributed by atoms with Crippen molar-refractivity contribution in [3.63, 3.8) is 0 Å². The maximum atomic E-state index is 11.1. The molecule has 0 saturated heterocycles. The molecule has 19 heavy (non-hydrogen) atoms. The van der Waals surface area contributed by atoms with Crippen molar-refractivity contribution in [1.29, 1.82) is 0 Å². The quantitative estimate of drug-likeness (QED) is 0.776. The first-order valence-electron chi connectivity index (χ1n) is 6.95. The van der Waals surface area contributed by atoms with E-state index in [0.717, 1.165) is 12.1 Å². The molecule has 1 amide bonds. The van der Waals surface area contributed by atoms with Crippen molar-refractivity contribution in [2.24, 2.45) is 17.4 Å². The van der Waals surface area contributed by atoms with E-state index < -0.39 is 5.91 Å². The zero-order chi connectivity index (χ0) is 13.9. The van der Waals surface area contributed by atoms with Crippen LogP contribution in [0.5, 0.6) is 0 Å². The highest BCUT2D eigenvalue weighted by Crippen LogP contribution is 2.35. The lowest BCUT2D eigenvalue weighted by Crippen LogP contribution is -2.52. The summed E-state index contributed by atoms with van der Waals surface area (Å²) in [6, 6.07) is 7.31. The van der Waals surface area contributed by atoms with Crippen LogP contribution in [-0.2, 0) is 0 Å². The molecule has 0 spiro atoms. The molecule has 1 aromatic rings. The number of nitrogens with one attached hydrogen (secondary N) is 1. The molecule has 1 aromatic carbocycles. The molecule has 1 fully saturated rings. The van der Waals surface area contributed by atoms with Gasteiger partial charge in [0.2, 0.25) is 5.91 Å². The Kier molecular flexibility index (Phi) is 4.10. The molecule has 0 radical (unpaired) electrons. The molecule has 5 N–H and O–H groups in total. The number of nitrogens with two attached hydrogens (primary N) is 2. The molecule has 2 rings (SSSR count). The van der Waals surface area contributed by atoms with Crippen LogP contribution < -0.4 is 16.8 Å². The van der Waals surface area contributed by atoms with E-state index in [2.05, 4.69) is 12.2 Å². The van der Waals surface area contributed by atoms with Crippen molar-refractivity contribution < 1.29 is 4.79 Å². The Morgan fingerprint density at radius 2 is 2.05 bits per heavy atom. The summed E-state index contributed by atoms with van der Waals surface area (Å²) < 4.78 is 0. The fraction of sp³-hybridized carbons (Fsp3) is 0.533. The van der Waals surface area contributed by atoms with E-state index in [1.165, 1.54) is 19.3 Å². The number of primary amides is 1. The smallest absolute Gasteiger partial charge is 0.248 e. The monoisotopic (exact) mass is 261 g/mol. The Hall–Kier alpha value is -1.55. The zero-order valence-electron chi connectivity index (χ0n) is 11.5. The number of hydrogen-bond acceptors (Lipinski definition) is 3. The highest BCUT2D eigenvalue weighted by Gasteiger charge is 2.36. The average molecular weight is 261 g/mol. The highest BCUT2D eigenvalue weighted by molar-refractivity contribution is 5.93. The Labute approximate surface area is 114 Å². The average Bonchev–Trinajstić information content (AvgIpc) is 2.42. The normalized spacial score (nSPS) is 26.9. The number of rotatable bonds is 4. The summed E-state index contributed by atoms with van der Waals surface area (Å²) in [6.07, 6.45) is 4.81. The minimum Gasteiger partial charge on any atom is -0.378 e. The van der Waals surface area contributed by atoms with Crippen molar-refractivity contribution in [2.75, 3.05) is 11.9 Å². The van der Waals surface area contributed by atoms with Gasteiger partial charge in [-0.1, -0.05) is 19.8 Å². The van der Waals surface area contributed by atoms with E-state index in [1.54, 1.807) is 12.1 Å². The van der Waals surface area contributed by atoms with Gasteiger partial charge in [-0.3, -0.25) is 4.79 Å². The SMILES string of the molecule is CC1CCCCC1(CN)Nc1ccc(C(N)=O)cc1. The minimum absolute atomic E-state index is 0.0213. The van der Waals surface area contributed by atoms with E-state index in [1.807, 2.05) is 12.1 Å². The first-order chi connectivity index (χ1) is 9.07. The molecule has 2 atom stereocenters. The Morgan fingerprint density at radius 1 is 1.37 bits per heavy atom. The third-order valence-electron chi connectivity index (χ3n) is 4.38. The van der Waals surface area contributed by atoms with Crippen LogP contribution in [-0.4, -0.2) is 18.0 Å². The minimum atomic E-state index is -0.397. The summed E-state index contributed by atoms with van der Waals surface area (Å²) in [5, 5.41) is 3.58. The molecule has 2 unspecified atom stereocenters. The Balaban J connectivity index is 2.15. The summed E-state index contributed by atoms with van der Waals surface area (Å²) in [5.41, 5.74) is 12.8. The molecule has 0 aromatic heterocycles. The van der Waals surface area contributed by atoms with Crippen molar-refractivity contribution in [2.45, 2.75) is 38.1 Å². The van der Waals surface area contributed by atoms with Gasteiger partial charge in [-0.2, -0.15) is 0 Å². The van der Waals surface area contributed by atoms with E-state index >= 15 is 0 Å². The van der Waals surface area contributed by atoms with Crippen molar-refractivity contribution in [1.82, 2.24) is 0 Å². The first-order valence-corrected chi connectivity index (χ1v) is 6.95. The maximum absolute atomic E-state index is 11.1. The molecule has 1 aliphatic carbocycles. The van der Waals surface area contributed by atoms with Crippen LogP contribution in [0.4, 0.5) is 5.69 Å². The van der Waals surface area contributed by atoms with Gasteiger partial charge >= 0.3 is 0 Å². The maximum Gasteiger partial charge on any atom is 0.248 e. The van der Waals surface area contributed by atoms with Crippen LogP contribution in [0.1, 0.15) is 43.0 Å². The lowest BCUT2D eigenvalue weighted by molar-refractivity contribution is 0.100. The van der Waals surface area contributed by atoms with Crippen LogP contribution in [0.3, 0.4) is 0 Å². The van der Waals surface area contributed by atoms with Crippen molar-refractivity contribution in [3.05, 3.63) is 29.8 Å². The molecule has 4 heteroatoms. The van der Waals surface area contributed by atoms with Gasteiger partial charge < -0.3 is 16.8 Å². The molecular formula is C15H23N3O. The van der Waals surface area contributed by atoms with Gasteiger partial charge in [0.05, 0.1) is 5.54 Å². The first kappa shape index (κ1) is 13.9. The van der Waals surface area contributed by atoms with Gasteiger partial charge in [0.15, 0.2) is 0 Å². The fourth-order valence-electron chi connectivity index (χ4n) is 2.96. The van der Waals surface area contributed by atoms with E-state index in [0.29, 0.717) is 18.0 Å². The lowest BCUT2D eigenvalue weighted by Gasteiger charge is -2.43. The van der Waals surface area contributed by atoms with E-state index in [9.17, 15) is 4.79 Å². The number of anilines is 1. The third-order valence-corrected chi connectivity index (χ3v) is 4.38. The van der Waals surface area contributed by atoms with Crippen molar-refractivity contribution in [3.8, 4) is 0 Å². The summed E-state index contributed by atoms with van der Waals surface area (Å²) >= 11 is 0. The zero-order valence-corrected chi connectivity index (χ0v) is 11.5. The number of carbonyl (C=O) groups excluding carboxylic acids is 1. The third kappa shape index (κ3) is 2.89. The van der Waals surface area contributed by atoms with Crippen molar-refractivity contribution >= 4 is 11.6 Å². The second kappa shape index (κ2) is 5.61. The number of amides is 1. The van der Waals surface area contributed by atoms with Crippen LogP contribution >= 0.6 is 0 Å². The van der Waals surface area contributed by atoms with Gasteiger partial charge in [0, 0.05) is 17.8 Å². The van der Waals surface area contributed by atoms with Gasteiger partial charge in [-0.15, -0.1) is 0 Å². The topological polar surface area (TPSA) is 81.1 Å². The Bertz CT molecular complexity index is 443. The molecule has 0 heterocycles. The molecule has 104 valence electrons. The number of hydrogen-bond donors (Lipinski definition) is 3. The summed E-state index contributed by atoms with van der Waals surface area (Å²) in [6.45, 7) is 2.89. The summed E-state index contributed by atoms with van der Waals surface area (Å²) in [5.74, 6) is 0.160. The summed E-state index contributed by atoms with van der Waals surface area (Å²) in [7, 11) is 0. The van der Waals surface area contributed by atoms with Gasteiger partial charge in [0.1, 0.15) is 0 Å². The molecule has 1 aliphatic rings. The molecule has 4 nitrogen and oxygen atoms in total. The second-order valence-corrected chi connectivity index (χ2v) is 5.57. The highest BCUT2D eigenvalue weighted by atomic mass is 16.1. The molecule has 0 aliphatic heterocycles. The van der Waals surface area contributed by atoms with Gasteiger partial charge in [-0.25, -0.2) is 0 Å². The Morgan fingerprint density at radius 3 is 2.58 bits per heavy atom. The van der Waals surface area contributed by atoms with Crippen LogP contribution in [0.25, 0.3) is 0 Å². The predicted octanol–water partition coefficient (Wildman–Crippen LogP) is 2.10. The van der Waals surface area contributed by atoms with Gasteiger partial charge in [0.25, 0.3) is 0 Å². The molecule has 0 bridgehead atoms. The summed E-state index contributed by atoms with van der Waals surface area (Å²) in [4.78, 5) is 11.1. The van der Waals surface area contributed by atoms with Crippen LogP contribution in [0, 0.1) is 5.92 Å². The second-order valence-electron chi connectivity index (χ2n) is 5.57. The molecular weight excluding hydrogens is 238 g/mol. The fourth-order valence-corrected chi connectivity index (χ4v) is 2.96. The largest absolute Gasteiger partial charge is 0.378 e. The van der Waals surface area contributed by atoms with Gasteiger partial charge in [-0.05, 0) is 43.0 Å². The predicted molar refractivity (Wildman–Crippen MR) is 78.0 cm³/mol. The lowest BCUT2D eigenvalue weighted by atomic mass is 9.73.